The third-order valence-corrected chi connectivity index (χ3v) is 6.36. The SMILES string of the molecule is O=C1c2c(Cl)cccc2CN1C(Cc1ccccc1)(Cc1ccccc1)C1=COC=CO1. The Morgan fingerprint density at radius 3 is 2.06 bits per heavy atom. The lowest BCUT2D eigenvalue weighted by Crippen LogP contribution is -2.54. The molecule has 32 heavy (non-hydrogen) atoms. The molecule has 1 amide bonds. The molecule has 0 aromatic heterocycles. The zero-order chi connectivity index (χ0) is 22.0. The lowest BCUT2D eigenvalue weighted by molar-refractivity contribution is 0.0406. The Labute approximate surface area is 192 Å². The topological polar surface area (TPSA) is 38.8 Å². The van der Waals surface area contributed by atoms with Gasteiger partial charge in [0.25, 0.3) is 5.91 Å². The van der Waals surface area contributed by atoms with Crippen LogP contribution in [0.4, 0.5) is 0 Å². The van der Waals surface area contributed by atoms with Crippen LogP contribution < -0.4 is 0 Å². The zero-order valence-corrected chi connectivity index (χ0v) is 18.2. The molecule has 3 aromatic carbocycles. The highest BCUT2D eigenvalue weighted by molar-refractivity contribution is 6.34. The lowest BCUT2D eigenvalue weighted by atomic mass is 9.81. The van der Waals surface area contributed by atoms with Gasteiger partial charge in [0.1, 0.15) is 24.3 Å². The van der Waals surface area contributed by atoms with Crippen LogP contribution in [0.15, 0.2) is 103 Å². The van der Waals surface area contributed by atoms with E-state index in [2.05, 4.69) is 24.3 Å². The second-order valence-electron chi connectivity index (χ2n) is 8.03. The largest absolute Gasteiger partial charge is 0.466 e. The summed E-state index contributed by atoms with van der Waals surface area (Å²) >= 11 is 6.46. The third kappa shape index (κ3) is 3.67. The van der Waals surface area contributed by atoms with Crippen molar-refractivity contribution in [1.29, 1.82) is 0 Å². The van der Waals surface area contributed by atoms with Gasteiger partial charge in [-0.1, -0.05) is 84.4 Å². The summed E-state index contributed by atoms with van der Waals surface area (Å²) in [4.78, 5) is 15.7. The predicted octanol–water partition coefficient (Wildman–Crippen LogP) is 5.88. The van der Waals surface area contributed by atoms with E-state index >= 15 is 0 Å². The number of hydrogen-bond donors (Lipinski definition) is 0. The van der Waals surface area contributed by atoms with Crippen molar-refractivity contribution in [3.63, 3.8) is 0 Å². The van der Waals surface area contributed by atoms with Crippen molar-refractivity contribution >= 4 is 17.5 Å². The maximum atomic E-state index is 13.8. The molecular weight excluding hydrogens is 422 g/mol. The third-order valence-electron chi connectivity index (χ3n) is 6.05. The van der Waals surface area contributed by atoms with E-state index in [9.17, 15) is 4.79 Å². The molecule has 160 valence electrons. The molecule has 0 aliphatic carbocycles. The molecule has 2 aliphatic heterocycles. The Hall–Kier alpha value is -3.50. The molecule has 0 saturated heterocycles. The molecule has 5 heteroatoms. The van der Waals surface area contributed by atoms with Crippen molar-refractivity contribution in [3.8, 4) is 0 Å². The van der Waals surface area contributed by atoms with E-state index in [0.717, 1.165) is 16.7 Å². The van der Waals surface area contributed by atoms with Crippen molar-refractivity contribution in [2.45, 2.75) is 24.9 Å². The Bertz CT molecular complexity index is 1150. The molecule has 0 fully saturated rings. The fraction of sp³-hybridized carbons (Fsp3) is 0.148. The average Bonchev–Trinajstić information content (AvgIpc) is 3.18. The summed E-state index contributed by atoms with van der Waals surface area (Å²) in [6, 6.07) is 25.9. The molecule has 2 heterocycles. The van der Waals surface area contributed by atoms with Crippen LogP contribution in [0.1, 0.15) is 27.0 Å². The van der Waals surface area contributed by atoms with E-state index in [-0.39, 0.29) is 5.91 Å². The minimum Gasteiger partial charge on any atom is -0.466 e. The number of fused-ring (bicyclic) bond motifs is 1. The van der Waals surface area contributed by atoms with Crippen LogP contribution in [0.2, 0.25) is 5.02 Å². The first kappa shape index (κ1) is 20.4. The molecule has 0 saturated carbocycles. The van der Waals surface area contributed by atoms with Crippen LogP contribution in [0.5, 0.6) is 0 Å². The Morgan fingerprint density at radius 1 is 0.844 bits per heavy atom. The molecule has 3 aromatic rings. The normalized spacial score (nSPS) is 15.1. The van der Waals surface area contributed by atoms with E-state index in [1.165, 1.54) is 12.5 Å². The van der Waals surface area contributed by atoms with E-state index in [0.29, 0.717) is 35.7 Å². The maximum Gasteiger partial charge on any atom is 0.256 e. The van der Waals surface area contributed by atoms with E-state index < -0.39 is 5.54 Å². The second kappa shape index (κ2) is 8.56. The van der Waals surface area contributed by atoms with Crippen molar-refractivity contribution in [3.05, 3.63) is 131 Å². The first-order valence-electron chi connectivity index (χ1n) is 10.5. The van der Waals surface area contributed by atoms with Crippen LogP contribution in [0, 0.1) is 0 Å². The molecule has 5 rings (SSSR count). The van der Waals surface area contributed by atoms with Gasteiger partial charge in [0, 0.05) is 19.4 Å². The summed E-state index contributed by atoms with van der Waals surface area (Å²) in [5.41, 5.74) is 2.86. The highest BCUT2D eigenvalue weighted by atomic mass is 35.5. The first-order chi connectivity index (χ1) is 15.7. The van der Waals surface area contributed by atoms with Gasteiger partial charge >= 0.3 is 0 Å². The number of carbonyl (C=O) groups is 1. The van der Waals surface area contributed by atoms with Crippen LogP contribution in [-0.2, 0) is 28.9 Å². The standard InChI is InChI=1S/C27H22ClNO3/c28-23-13-7-12-22-18-29(26(30)25(22)23)27(24-19-31-14-15-32-24,16-20-8-3-1-4-9-20)17-21-10-5-2-6-11-21/h1-15,19H,16-18H2. The van der Waals surface area contributed by atoms with Crippen molar-refractivity contribution < 1.29 is 14.3 Å². The fourth-order valence-electron chi connectivity index (χ4n) is 4.57. The Balaban J connectivity index is 1.67. The van der Waals surface area contributed by atoms with E-state index in [1.807, 2.05) is 53.4 Å². The van der Waals surface area contributed by atoms with Gasteiger partial charge in [-0.25, -0.2) is 0 Å². The number of ether oxygens (including phenoxy) is 2. The number of benzene rings is 3. The number of halogens is 1. The lowest BCUT2D eigenvalue weighted by Gasteiger charge is -2.43. The van der Waals surface area contributed by atoms with Crippen LogP contribution >= 0.6 is 11.6 Å². The Morgan fingerprint density at radius 2 is 1.50 bits per heavy atom. The highest BCUT2D eigenvalue weighted by Gasteiger charge is 2.49. The molecule has 0 unspecified atom stereocenters. The summed E-state index contributed by atoms with van der Waals surface area (Å²) < 4.78 is 11.5. The summed E-state index contributed by atoms with van der Waals surface area (Å²) in [6.07, 6.45) is 5.72. The van der Waals surface area contributed by atoms with Crippen molar-refractivity contribution in [2.75, 3.05) is 0 Å². The van der Waals surface area contributed by atoms with Crippen LogP contribution in [0.3, 0.4) is 0 Å². The minimum atomic E-state index is -0.813. The monoisotopic (exact) mass is 443 g/mol. The van der Waals surface area contributed by atoms with Gasteiger partial charge in [0.15, 0.2) is 5.76 Å². The molecule has 0 spiro atoms. The summed E-state index contributed by atoms with van der Waals surface area (Å²) in [5, 5.41) is 0.470. The van der Waals surface area contributed by atoms with Crippen molar-refractivity contribution in [2.24, 2.45) is 0 Å². The quantitative estimate of drug-likeness (QED) is 0.477. The molecule has 0 atom stereocenters. The number of amides is 1. The minimum absolute atomic E-state index is 0.100. The highest BCUT2D eigenvalue weighted by Crippen LogP contribution is 2.41. The number of nitrogens with zero attached hydrogens (tertiary/aromatic N) is 1. The molecule has 2 aliphatic rings. The molecule has 0 bridgehead atoms. The second-order valence-corrected chi connectivity index (χ2v) is 8.44. The van der Waals surface area contributed by atoms with Gasteiger partial charge in [0.05, 0.1) is 10.6 Å². The van der Waals surface area contributed by atoms with Crippen LogP contribution in [-0.4, -0.2) is 16.3 Å². The van der Waals surface area contributed by atoms with Crippen LogP contribution in [0.25, 0.3) is 0 Å². The van der Waals surface area contributed by atoms with Gasteiger partial charge in [-0.15, -0.1) is 0 Å². The first-order valence-corrected chi connectivity index (χ1v) is 10.9. The summed E-state index contributed by atoms with van der Waals surface area (Å²) in [7, 11) is 0. The van der Waals surface area contributed by atoms with Crippen molar-refractivity contribution in [1.82, 2.24) is 4.90 Å². The number of hydrogen-bond acceptors (Lipinski definition) is 3. The average molecular weight is 444 g/mol. The van der Waals surface area contributed by atoms with E-state index in [1.54, 1.807) is 12.3 Å². The van der Waals surface area contributed by atoms with Gasteiger partial charge in [-0.2, -0.15) is 0 Å². The molecule has 4 nitrogen and oxygen atoms in total. The number of rotatable bonds is 6. The zero-order valence-electron chi connectivity index (χ0n) is 17.4. The van der Waals surface area contributed by atoms with Gasteiger partial charge in [-0.05, 0) is 22.8 Å². The summed E-state index contributed by atoms with van der Waals surface area (Å²) in [5.74, 6) is 0.488. The smallest absolute Gasteiger partial charge is 0.256 e. The van der Waals surface area contributed by atoms with Gasteiger partial charge in [-0.3, -0.25) is 4.79 Å². The predicted molar refractivity (Wildman–Crippen MR) is 124 cm³/mol. The molecule has 0 N–H and O–H groups in total. The summed E-state index contributed by atoms with van der Waals surface area (Å²) in [6.45, 7) is 0.443. The molecular formula is C27H22ClNO3. The maximum absolute atomic E-state index is 13.8. The fourth-order valence-corrected chi connectivity index (χ4v) is 4.85. The van der Waals surface area contributed by atoms with Gasteiger partial charge in [0.2, 0.25) is 0 Å². The van der Waals surface area contributed by atoms with Gasteiger partial charge < -0.3 is 14.4 Å². The Kier molecular flexibility index (Phi) is 5.46. The molecule has 0 radical (unpaired) electrons. The number of carbonyl (C=O) groups excluding carboxylic acids is 1. The van der Waals surface area contributed by atoms with E-state index in [4.69, 9.17) is 21.1 Å².